The van der Waals surface area contributed by atoms with Crippen molar-refractivity contribution in [3.63, 3.8) is 0 Å². The molecule has 2 rings (SSSR count). The van der Waals surface area contributed by atoms with E-state index in [9.17, 15) is 5.11 Å². The molecule has 0 saturated carbocycles. The number of fused-ring (bicyclic) bond motifs is 2. The summed E-state index contributed by atoms with van der Waals surface area (Å²) in [6, 6.07) is 0. The van der Waals surface area contributed by atoms with E-state index in [2.05, 4.69) is 18.3 Å². The van der Waals surface area contributed by atoms with Gasteiger partial charge in [0.15, 0.2) is 0 Å². The highest BCUT2D eigenvalue weighted by molar-refractivity contribution is 8.00. The van der Waals surface area contributed by atoms with E-state index in [-0.39, 0.29) is 5.60 Å². The molecule has 2 saturated heterocycles. The van der Waals surface area contributed by atoms with E-state index in [1.807, 2.05) is 6.08 Å². The quantitative estimate of drug-likeness (QED) is 0.534. The molecule has 2 bridgehead atoms. The van der Waals surface area contributed by atoms with E-state index in [1.165, 1.54) is 44.9 Å². The summed E-state index contributed by atoms with van der Waals surface area (Å²) in [6.45, 7) is 3.75. The van der Waals surface area contributed by atoms with Crippen molar-refractivity contribution in [2.24, 2.45) is 0 Å². The van der Waals surface area contributed by atoms with Gasteiger partial charge >= 0.3 is 0 Å². The van der Waals surface area contributed by atoms with Gasteiger partial charge in [0, 0.05) is 10.5 Å². The lowest BCUT2D eigenvalue weighted by molar-refractivity contribution is 0.00236. The molecule has 2 unspecified atom stereocenters. The first-order chi connectivity index (χ1) is 8.72. The van der Waals surface area contributed by atoms with Crippen LogP contribution >= 0.6 is 11.8 Å². The van der Waals surface area contributed by atoms with Crippen LogP contribution in [0, 0.1) is 0 Å². The van der Waals surface area contributed by atoms with Gasteiger partial charge in [-0.05, 0) is 44.9 Å². The van der Waals surface area contributed by atoms with Crippen LogP contribution in [0.5, 0.6) is 0 Å². The minimum atomic E-state index is -0.320. The largest absolute Gasteiger partial charge is 0.390 e. The Labute approximate surface area is 116 Å². The van der Waals surface area contributed by atoms with Crippen molar-refractivity contribution < 1.29 is 5.11 Å². The zero-order chi connectivity index (χ0) is 12.8. The van der Waals surface area contributed by atoms with Crippen LogP contribution in [0.4, 0.5) is 0 Å². The molecule has 2 aliphatic rings. The maximum absolute atomic E-state index is 10.8. The first kappa shape index (κ1) is 14.5. The van der Waals surface area contributed by atoms with Crippen molar-refractivity contribution in [3.8, 4) is 0 Å². The maximum Gasteiger partial charge on any atom is 0.0668 e. The number of hydrogen-bond donors (Lipinski definition) is 1. The fourth-order valence-corrected chi connectivity index (χ4v) is 5.48. The predicted molar refractivity (Wildman–Crippen MR) is 81.1 cm³/mol. The van der Waals surface area contributed by atoms with Gasteiger partial charge in [-0.1, -0.05) is 31.8 Å². The average molecular weight is 268 g/mol. The van der Waals surface area contributed by atoms with Gasteiger partial charge in [0.2, 0.25) is 0 Å². The molecule has 2 aliphatic heterocycles. The molecule has 1 N–H and O–H groups in total. The summed E-state index contributed by atoms with van der Waals surface area (Å²) in [5, 5.41) is 12.3. The summed E-state index contributed by atoms with van der Waals surface area (Å²) < 4.78 is 0. The first-order valence-electron chi connectivity index (χ1n) is 7.71. The van der Waals surface area contributed by atoms with Crippen molar-refractivity contribution in [2.45, 2.75) is 86.7 Å². The van der Waals surface area contributed by atoms with E-state index in [0.717, 1.165) is 36.2 Å². The lowest BCUT2D eigenvalue weighted by Gasteiger charge is -2.44. The Hall–Kier alpha value is 0.0500. The number of aliphatic hydroxyl groups is 1. The van der Waals surface area contributed by atoms with Gasteiger partial charge in [-0.3, -0.25) is 0 Å². The Balaban J connectivity index is 1.66. The lowest BCUT2D eigenvalue weighted by Crippen LogP contribution is -2.42. The second-order valence-corrected chi connectivity index (χ2v) is 7.79. The summed E-state index contributed by atoms with van der Waals surface area (Å²) in [6.07, 6.45) is 15.4. The Bertz CT molecular complexity index is 252. The molecule has 0 aromatic carbocycles. The molecule has 104 valence electrons. The molecule has 0 amide bonds. The summed E-state index contributed by atoms with van der Waals surface area (Å²) >= 11 is 2.15. The fraction of sp³-hybridized carbons (Fsp3) is 0.875. The SMILES string of the molecule is C=CCCCCCCC1(O)CC2CCCC(C1)S2. The van der Waals surface area contributed by atoms with Crippen molar-refractivity contribution in [2.75, 3.05) is 0 Å². The Morgan fingerprint density at radius 1 is 1.11 bits per heavy atom. The van der Waals surface area contributed by atoms with Crippen molar-refractivity contribution in [1.82, 2.24) is 0 Å². The monoisotopic (exact) mass is 268 g/mol. The lowest BCUT2D eigenvalue weighted by atomic mass is 9.82. The highest BCUT2D eigenvalue weighted by Crippen LogP contribution is 2.47. The van der Waals surface area contributed by atoms with Crippen molar-refractivity contribution >= 4 is 11.8 Å². The molecule has 18 heavy (non-hydrogen) atoms. The van der Waals surface area contributed by atoms with Gasteiger partial charge in [-0.2, -0.15) is 11.8 Å². The summed E-state index contributed by atoms with van der Waals surface area (Å²) in [7, 11) is 0. The zero-order valence-corrected chi connectivity index (χ0v) is 12.4. The minimum Gasteiger partial charge on any atom is -0.390 e. The molecule has 0 radical (unpaired) electrons. The molecular weight excluding hydrogens is 240 g/mol. The normalized spacial score (nSPS) is 35.4. The van der Waals surface area contributed by atoms with Crippen LogP contribution in [0.15, 0.2) is 12.7 Å². The second-order valence-electron chi connectivity index (χ2n) is 6.19. The van der Waals surface area contributed by atoms with Crippen molar-refractivity contribution in [1.29, 1.82) is 0 Å². The molecule has 2 heterocycles. The molecule has 1 nitrogen and oxygen atoms in total. The highest BCUT2D eigenvalue weighted by atomic mass is 32.2. The Morgan fingerprint density at radius 2 is 1.78 bits per heavy atom. The molecular formula is C16H28OS. The van der Waals surface area contributed by atoms with Crippen LogP contribution in [0.3, 0.4) is 0 Å². The summed E-state index contributed by atoms with van der Waals surface area (Å²) in [4.78, 5) is 0. The Kier molecular flexibility index (Phi) is 5.62. The molecule has 0 spiro atoms. The molecule has 0 aromatic rings. The zero-order valence-electron chi connectivity index (χ0n) is 11.6. The van der Waals surface area contributed by atoms with Crippen LogP contribution < -0.4 is 0 Å². The van der Waals surface area contributed by atoms with Crippen LogP contribution in [0.25, 0.3) is 0 Å². The van der Waals surface area contributed by atoms with E-state index >= 15 is 0 Å². The summed E-state index contributed by atoms with van der Waals surface area (Å²) in [5.41, 5.74) is -0.320. The molecule has 0 aliphatic carbocycles. The third-order valence-electron chi connectivity index (χ3n) is 4.45. The number of allylic oxidation sites excluding steroid dienone is 1. The number of thioether (sulfide) groups is 1. The van der Waals surface area contributed by atoms with Gasteiger partial charge in [-0.15, -0.1) is 6.58 Å². The maximum atomic E-state index is 10.8. The van der Waals surface area contributed by atoms with Gasteiger partial charge < -0.3 is 5.11 Å². The average Bonchev–Trinajstić information content (AvgIpc) is 2.33. The van der Waals surface area contributed by atoms with Crippen molar-refractivity contribution in [3.05, 3.63) is 12.7 Å². The molecule has 2 fully saturated rings. The van der Waals surface area contributed by atoms with Crippen LogP contribution in [-0.2, 0) is 0 Å². The Morgan fingerprint density at radius 3 is 2.44 bits per heavy atom. The highest BCUT2D eigenvalue weighted by Gasteiger charge is 2.40. The first-order valence-corrected chi connectivity index (χ1v) is 8.65. The van der Waals surface area contributed by atoms with E-state index in [0.29, 0.717) is 0 Å². The third-order valence-corrected chi connectivity index (χ3v) is 6.03. The predicted octanol–water partition coefficient (Wildman–Crippen LogP) is 4.69. The topological polar surface area (TPSA) is 20.2 Å². The van der Waals surface area contributed by atoms with Crippen LogP contribution in [-0.4, -0.2) is 21.2 Å². The number of unbranched alkanes of at least 4 members (excludes halogenated alkanes) is 4. The standard InChI is InChI=1S/C16H28OS/c1-2-3-4-5-6-7-11-16(17)12-14-9-8-10-15(13-16)18-14/h2,14-15,17H,1,3-13H2. The summed E-state index contributed by atoms with van der Waals surface area (Å²) in [5.74, 6) is 0. The van der Waals surface area contributed by atoms with Gasteiger partial charge in [0.1, 0.15) is 0 Å². The molecule has 2 atom stereocenters. The number of hydrogen-bond acceptors (Lipinski definition) is 2. The third kappa shape index (κ3) is 4.31. The van der Waals surface area contributed by atoms with Gasteiger partial charge in [-0.25, -0.2) is 0 Å². The number of rotatable bonds is 7. The van der Waals surface area contributed by atoms with E-state index in [1.54, 1.807) is 0 Å². The molecule has 2 heteroatoms. The van der Waals surface area contributed by atoms with Gasteiger partial charge in [0.05, 0.1) is 5.60 Å². The molecule has 0 aromatic heterocycles. The van der Waals surface area contributed by atoms with Crippen LogP contribution in [0.2, 0.25) is 0 Å². The van der Waals surface area contributed by atoms with E-state index < -0.39 is 0 Å². The fourth-order valence-electron chi connectivity index (χ4n) is 3.51. The van der Waals surface area contributed by atoms with Gasteiger partial charge in [0.25, 0.3) is 0 Å². The second kappa shape index (κ2) is 7.00. The van der Waals surface area contributed by atoms with Crippen LogP contribution in [0.1, 0.15) is 70.6 Å². The smallest absolute Gasteiger partial charge is 0.0668 e. The minimum absolute atomic E-state index is 0.320. The van der Waals surface area contributed by atoms with E-state index in [4.69, 9.17) is 0 Å².